The Morgan fingerprint density at radius 1 is 0.842 bits per heavy atom. The molecule has 0 spiro atoms. The van der Waals surface area contributed by atoms with Crippen molar-refractivity contribution in [3.05, 3.63) is 0 Å². The molecule has 0 amide bonds. The molecule has 0 rings (SSSR count). The van der Waals surface area contributed by atoms with Gasteiger partial charge >= 0.3 is 85.2 Å². The second-order valence-corrected chi connectivity index (χ2v) is 4.09. The predicted octanol–water partition coefficient (Wildman–Crippen LogP) is -0.652. The summed E-state index contributed by atoms with van der Waals surface area (Å²) in [6, 6.07) is 0. The summed E-state index contributed by atoms with van der Waals surface area (Å²) in [5, 5.41) is -6.70. The fourth-order valence-electron chi connectivity index (χ4n) is 0.428. The van der Waals surface area contributed by atoms with Gasteiger partial charge in [-0.25, -0.2) is 4.74 Å². The van der Waals surface area contributed by atoms with Gasteiger partial charge in [0, 0.05) is 0 Å². The van der Waals surface area contributed by atoms with Crippen LogP contribution in [0.15, 0.2) is 0 Å². The molecule has 0 aromatic heterocycles. The van der Waals surface area contributed by atoms with E-state index in [1.54, 1.807) is 0 Å². The minimum Gasteiger partial charge on any atom is -1.00 e. The molecular weight excluding hydrogens is 354 g/mol. The van der Waals surface area contributed by atoms with E-state index < -0.39 is 33.8 Å². The van der Waals surface area contributed by atoms with E-state index in [4.69, 9.17) is 4.55 Å². The summed E-state index contributed by atoms with van der Waals surface area (Å²) in [5.41, 5.74) is 0. The molecule has 112 valence electrons. The Labute approximate surface area is 142 Å². The Kier molecular flexibility index (Phi) is 6.92. The Morgan fingerprint density at radius 2 is 1.16 bits per heavy atom. The zero-order valence-corrected chi connectivity index (χ0v) is 12.4. The summed E-state index contributed by atoms with van der Waals surface area (Å²) < 4.78 is 135. The van der Waals surface area contributed by atoms with Crippen LogP contribution in [0.2, 0.25) is 0 Å². The van der Waals surface area contributed by atoms with Crippen LogP contribution in [-0.2, 0) is 14.9 Å². The number of hydrogen-bond donors (Lipinski definition) is 1. The van der Waals surface area contributed by atoms with Crippen molar-refractivity contribution in [1.82, 2.24) is 0 Å². The fourth-order valence-corrected chi connectivity index (χ4v) is 0.770. The van der Waals surface area contributed by atoms with Gasteiger partial charge < -0.3 is 1.43 Å². The molecule has 4 nitrogen and oxygen atoms in total. The van der Waals surface area contributed by atoms with Gasteiger partial charge in [0.05, 0.1) is 0 Å². The normalized spacial score (nSPS) is 15.1. The molecule has 0 radical (unpaired) electrons. The first kappa shape index (κ1) is 22.2. The van der Waals surface area contributed by atoms with Crippen molar-refractivity contribution in [3.8, 4) is 0 Å². The largest absolute Gasteiger partial charge is 1.00 e. The first-order valence-electron chi connectivity index (χ1n) is 3.33. The quantitative estimate of drug-likeness (QED) is 0.413. The smallest absolute Gasteiger partial charge is 1.00 e. The van der Waals surface area contributed by atoms with E-state index >= 15 is 0 Å². The van der Waals surface area contributed by atoms with Crippen molar-refractivity contribution in [3.63, 3.8) is 0 Å². The summed E-state index contributed by atoms with van der Waals surface area (Å²) in [5.74, 6) is 0. The first-order chi connectivity index (χ1) is 7.46. The van der Waals surface area contributed by atoms with E-state index in [1.807, 2.05) is 0 Å². The molecule has 1 N–H and O–H groups in total. The molecule has 19 heavy (non-hydrogen) atoms. The van der Waals surface area contributed by atoms with Crippen LogP contribution in [0.25, 0.3) is 0 Å². The van der Waals surface area contributed by atoms with Crippen molar-refractivity contribution >= 4 is 10.1 Å². The zero-order valence-electron chi connectivity index (χ0n) is 9.48. The third-order valence-corrected chi connectivity index (χ3v) is 2.13. The molecule has 0 saturated heterocycles. The van der Waals surface area contributed by atoms with E-state index in [0.29, 0.717) is 0 Å². The molecule has 0 aliphatic heterocycles. The van der Waals surface area contributed by atoms with Crippen LogP contribution in [0.4, 0.5) is 39.5 Å². The molecule has 15 heteroatoms. The summed E-state index contributed by atoms with van der Waals surface area (Å²) in [4.78, 5) is 0. The van der Waals surface area contributed by atoms with Gasteiger partial charge in [-0.2, -0.15) is 47.9 Å². The Morgan fingerprint density at radius 3 is 1.37 bits per heavy atom. The van der Waals surface area contributed by atoms with Gasteiger partial charge in [-0.1, -0.05) is 0 Å². The van der Waals surface area contributed by atoms with Crippen LogP contribution in [0, 0.1) is 0 Å². The summed E-state index contributed by atoms with van der Waals surface area (Å²) in [6.45, 7) is 0. The summed E-state index contributed by atoms with van der Waals surface area (Å²) in [7, 11) is -6.99. The molecule has 0 heterocycles. The van der Waals surface area contributed by atoms with E-state index in [2.05, 4.69) is 0 Å². The maximum atomic E-state index is 12.2. The van der Waals surface area contributed by atoms with Crippen LogP contribution >= 0.6 is 0 Å². The molecule has 0 aromatic rings. The molecule has 0 atom stereocenters. The van der Waals surface area contributed by atoms with Crippen molar-refractivity contribution in [2.75, 3.05) is 0 Å². The minimum atomic E-state index is -6.99. The fraction of sp³-hybridized carbons (Fsp3) is 1.00. The Balaban J connectivity index is -0.00000144. The minimum absolute atomic E-state index is 0. The Bertz CT molecular complexity index is 420. The molecule has 0 fully saturated rings. The van der Waals surface area contributed by atoms with Crippen LogP contribution in [0.3, 0.4) is 0 Å². The predicted molar refractivity (Wildman–Crippen MR) is 34.6 cm³/mol. The van der Waals surface area contributed by atoms with Gasteiger partial charge in [-0.05, 0) is 0 Å². The maximum absolute atomic E-state index is 12.2. The van der Waals surface area contributed by atoms with E-state index in [1.165, 1.54) is 4.74 Å². The van der Waals surface area contributed by atoms with Crippen molar-refractivity contribution in [2.24, 2.45) is 0 Å². The molecule has 0 aliphatic rings. The third kappa shape index (κ3) is 4.68. The van der Waals surface area contributed by atoms with E-state index in [9.17, 15) is 47.9 Å². The number of alkyl halides is 9. The molecule has 0 bridgehead atoms. The van der Waals surface area contributed by atoms with Gasteiger partial charge in [0.25, 0.3) is 0 Å². The average molecular weight is 356 g/mol. The molecule has 0 aliphatic carbocycles. The number of hydrogen-bond acceptors (Lipinski definition) is 3. The van der Waals surface area contributed by atoms with Crippen LogP contribution in [-0.4, -0.2) is 36.6 Å². The standard InChI is InChI=1S/C4HF9O4S.K.H/c5-1(6,7)2(8,9)17-3(10,11)4(12,13)18(14,15)16;;/h(H,14,15,16);;/q;+1;-1. The second kappa shape index (κ2) is 5.94. The van der Waals surface area contributed by atoms with Gasteiger partial charge in [-0.15, -0.1) is 0 Å². The average Bonchev–Trinajstić information content (AvgIpc) is 1.96. The van der Waals surface area contributed by atoms with Crippen LogP contribution in [0.5, 0.6) is 0 Å². The molecular formula is C4H2F9KO4S. The number of ether oxygens (including phenoxy) is 1. The van der Waals surface area contributed by atoms with Crippen LogP contribution in [0.1, 0.15) is 1.43 Å². The summed E-state index contributed by atoms with van der Waals surface area (Å²) >= 11 is 0. The second-order valence-electron chi connectivity index (χ2n) is 2.63. The molecule has 0 aromatic carbocycles. The van der Waals surface area contributed by atoms with Crippen molar-refractivity contribution in [1.29, 1.82) is 0 Å². The monoisotopic (exact) mass is 356 g/mol. The van der Waals surface area contributed by atoms with E-state index in [0.717, 1.165) is 0 Å². The van der Waals surface area contributed by atoms with Crippen molar-refractivity contribution < 1.29 is 110 Å². The maximum Gasteiger partial charge on any atom is 1.00 e. The van der Waals surface area contributed by atoms with E-state index in [-0.39, 0.29) is 52.8 Å². The van der Waals surface area contributed by atoms with Gasteiger partial charge in [-0.3, -0.25) is 4.55 Å². The number of halogens is 9. The third-order valence-electron chi connectivity index (χ3n) is 1.25. The first-order valence-corrected chi connectivity index (χ1v) is 4.77. The van der Waals surface area contributed by atoms with Gasteiger partial charge in [0.2, 0.25) is 0 Å². The van der Waals surface area contributed by atoms with Crippen molar-refractivity contribution in [2.45, 2.75) is 23.6 Å². The van der Waals surface area contributed by atoms with Gasteiger partial charge in [0.15, 0.2) is 0 Å². The Hall–Kier alpha value is 0.876. The summed E-state index contributed by atoms with van der Waals surface area (Å²) in [6.07, 6.45) is -20.4. The van der Waals surface area contributed by atoms with Crippen LogP contribution < -0.4 is 51.4 Å². The topological polar surface area (TPSA) is 63.6 Å². The SMILES string of the molecule is O=S(=O)(O)C(F)(F)C(F)(F)OC(F)(F)C(F)(F)F.[H-].[K+]. The van der Waals surface area contributed by atoms with Gasteiger partial charge in [0.1, 0.15) is 0 Å². The molecule has 0 saturated carbocycles. The zero-order chi connectivity index (χ0) is 15.2. The molecule has 0 unspecified atom stereocenters. The number of rotatable bonds is 4.